The van der Waals surface area contributed by atoms with Gasteiger partial charge in [0.25, 0.3) is 0 Å². The fourth-order valence-electron chi connectivity index (χ4n) is 5.02. The molecule has 0 aromatic heterocycles. The molecule has 0 aliphatic heterocycles. The average molecular weight is 507 g/mol. The van der Waals surface area contributed by atoms with Crippen LogP contribution in [-0.4, -0.2) is 36.4 Å². The van der Waals surface area contributed by atoms with Gasteiger partial charge >= 0.3 is 0 Å². The molecule has 4 rings (SSSR count). The Balaban J connectivity index is 1.99. The van der Waals surface area contributed by atoms with Crippen LogP contribution in [0.4, 0.5) is 11.4 Å². The topological polar surface area (TPSA) is 46.9 Å². The Kier molecular flexibility index (Phi) is 8.75. The van der Waals surface area contributed by atoms with Crippen LogP contribution in [0.1, 0.15) is 49.9 Å². The van der Waals surface area contributed by atoms with Gasteiger partial charge in [-0.2, -0.15) is 0 Å². The Bertz CT molecular complexity index is 1230. The molecule has 0 heterocycles. The minimum atomic E-state index is 0.229. The predicted molar refractivity (Wildman–Crippen MR) is 161 cm³/mol. The van der Waals surface area contributed by atoms with E-state index in [2.05, 4.69) is 86.0 Å². The molecule has 0 radical (unpaired) electrons. The van der Waals surface area contributed by atoms with Crippen molar-refractivity contribution in [2.75, 3.05) is 36.0 Å². The van der Waals surface area contributed by atoms with Gasteiger partial charge in [0.2, 0.25) is 0 Å². The summed E-state index contributed by atoms with van der Waals surface area (Å²) in [6.07, 6.45) is 0. The molecule has 4 heteroatoms. The summed E-state index contributed by atoms with van der Waals surface area (Å²) in [6, 6.07) is 32.2. The number of anilines is 2. The second-order valence-electron chi connectivity index (χ2n) is 9.28. The summed E-state index contributed by atoms with van der Waals surface area (Å²) in [7, 11) is 0. The molecule has 0 aliphatic carbocycles. The van der Waals surface area contributed by atoms with Crippen LogP contribution < -0.4 is 9.80 Å². The Morgan fingerprint density at radius 1 is 0.421 bits per heavy atom. The van der Waals surface area contributed by atoms with Crippen LogP contribution >= 0.6 is 0 Å². The molecule has 0 unspecified atom stereocenters. The van der Waals surface area contributed by atoms with Gasteiger partial charge in [-0.25, -0.2) is 0 Å². The number of phenols is 2. The Morgan fingerprint density at radius 2 is 0.658 bits per heavy atom. The van der Waals surface area contributed by atoms with Crippen LogP contribution in [0.5, 0.6) is 11.5 Å². The molecule has 38 heavy (non-hydrogen) atoms. The lowest BCUT2D eigenvalue weighted by Gasteiger charge is -2.23. The standard InChI is InChI=1S/C34H38N2O2/c1-5-35(6-2)29-17-9-25(10-18-29)33(26-11-19-30(20-12-26)36(7-3)8-4)34(27-13-21-31(37)22-14-27)28-15-23-32(38)24-16-28/h9-24,37-38H,5-8H2,1-4H3. The second kappa shape index (κ2) is 12.4. The normalized spacial score (nSPS) is 10.7. The molecule has 4 aromatic rings. The summed E-state index contributed by atoms with van der Waals surface area (Å²) in [5.74, 6) is 0.458. The van der Waals surface area contributed by atoms with Crippen LogP contribution in [0, 0.1) is 0 Å². The van der Waals surface area contributed by atoms with Crippen molar-refractivity contribution in [1.82, 2.24) is 0 Å². The molecular weight excluding hydrogens is 468 g/mol. The number of hydrogen-bond donors (Lipinski definition) is 2. The first-order valence-electron chi connectivity index (χ1n) is 13.5. The van der Waals surface area contributed by atoms with Gasteiger partial charge < -0.3 is 20.0 Å². The van der Waals surface area contributed by atoms with Crippen molar-refractivity contribution in [1.29, 1.82) is 0 Å². The van der Waals surface area contributed by atoms with Crippen LogP contribution in [0.25, 0.3) is 11.1 Å². The monoisotopic (exact) mass is 506 g/mol. The van der Waals surface area contributed by atoms with Crippen molar-refractivity contribution in [2.24, 2.45) is 0 Å². The lowest BCUT2D eigenvalue weighted by Crippen LogP contribution is -2.21. The maximum absolute atomic E-state index is 10.0. The van der Waals surface area contributed by atoms with E-state index in [1.54, 1.807) is 24.3 Å². The van der Waals surface area contributed by atoms with E-state index in [9.17, 15) is 10.2 Å². The molecule has 0 saturated carbocycles. The highest BCUT2D eigenvalue weighted by Gasteiger charge is 2.17. The van der Waals surface area contributed by atoms with Crippen molar-refractivity contribution in [3.05, 3.63) is 119 Å². The van der Waals surface area contributed by atoms with Crippen LogP contribution in [0.3, 0.4) is 0 Å². The van der Waals surface area contributed by atoms with Gasteiger partial charge in [0.15, 0.2) is 0 Å². The smallest absolute Gasteiger partial charge is 0.115 e. The largest absolute Gasteiger partial charge is 0.508 e. The van der Waals surface area contributed by atoms with Gasteiger partial charge in [0.1, 0.15) is 11.5 Å². The van der Waals surface area contributed by atoms with E-state index in [-0.39, 0.29) is 11.5 Å². The van der Waals surface area contributed by atoms with Gasteiger partial charge in [-0.1, -0.05) is 48.5 Å². The van der Waals surface area contributed by atoms with Crippen molar-refractivity contribution in [3.63, 3.8) is 0 Å². The molecule has 0 amide bonds. The highest BCUT2D eigenvalue weighted by Crippen LogP contribution is 2.38. The molecule has 4 aromatic carbocycles. The van der Waals surface area contributed by atoms with E-state index in [1.165, 1.54) is 11.4 Å². The first-order valence-corrected chi connectivity index (χ1v) is 13.5. The molecule has 0 atom stereocenters. The van der Waals surface area contributed by atoms with E-state index in [0.29, 0.717) is 0 Å². The summed E-state index contributed by atoms with van der Waals surface area (Å²) in [6.45, 7) is 12.5. The van der Waals surface area contributed by atoms with Gasteiger partial charge in [0.05, 0.1) is 0 Å². The summed E-state index contributed by atoms with van der Waals surface area (Å²) >= 11 is 0. The molecule has 0 spiro atoms. The molecule has 2 N–H and O–H groups in total. The SMILES string of the molecule is CCN(CC)c1ccc(C(=C(c2ccc(O)cc2)c2ccc(O)cc2)c2ccc(N(CC)CC)cc2)cc1. The van der Waals surface area contributed by atoms with Crippen molar-refractivity contribution in [3.8, 4) is 11.5 Å². The van der Waals surface area contributed by atoms with E-state index in [4.69, 9.17) is 0 Å². The number of benzene rings is 4. The minimum Gasteiger partial charge on any atom is -0.508 e. The molecule has 0 bridgehead atoms. The minimum absolute atomic E-state index is 0.229. The number of rotatable bonds is 10. The quantitative estimate of drug-likeness (QED) is 0.215. The highest BCUT2D eigenvalue weighted by atomic mass is 16.3. The Morgan fingerprint density at radius 3 is 0.895 bits per heavy atom. The highest BCUT2D eigenvalue weighted by molar-refractivity contribution is 6.04. The van der Waals surface area contributed by atoms with Crippen LogP contribution in [-0.2, 0) is 0 Å². The van der Waals surface area contributed by atoms with Gasteiger partial charge in [-0.3, -0.25) is 0 Å². The zero-order chi connectivity index (χ0) is 27.1. The van der Waals surface area contributed by atoms with Crippen molar-refractivity contribution in [2.45, 2.75) is 27.7 Å². The molecular formula is C34H38N2O2. The summed E-state index contributed by atoms with van der Waals surface area (Å²) < 4.78 is 0. The molecule has 0 fully saturated rings. The number of aromatic hydroxyl groups is 2. The lowest BCUT2D eigenvalue weighted by molar-refractivity contribution is 0.475. The van der Waals surface area contributed by atoms with Crippen LogP contribution in [0.2, 0.25) is 0 Å². The third-order valence-corrected chi connectivity index (χ3v) is 7.13. The maximum Gasteiger partial charge on any atom is 0.115 e. The predicted octanol–water partition coefficient (Wildman–Crippen LogP) is 7.80. The third-order valence-electron chi connectivity index (χ3n) is 7.13. The third kappa shape index (κ3) is 5.86. The van der Waals surface area contributed by atoms with Gasteiger partial charge in [0, 0.05) is 37.6 Å². The average Bonchev–Trinajstić information content (AvgIpc) is 2.95. The molecule has 196 valence electrons. The lowest BCUT2D eigenvalue weighted by atomic mass is 9.85. The second-order valence-corrected chi connectivity index (χ2v) is 9.28. The van der Waals surface area contributed by atoms with Gasteiger partial charge in [-0.15, -0.1) is 0 Å². The van der Waals surface area contributed by atoms with E-state index in [0.717, 1.165) is 59.6 Å². The van der Waals surface area contributed by atoms with Crippen molar-refractivity contribution >= 4 is 22.5 Å². The fraction of sp³-hybridized carbons (Fsp3) is 0.235. The number of hydrogen-bond acceptors (Lipinski definition) is 4. The zero-order valence-corrected chi connectivity index (χ0v) is 22.9. The van der Waals surface area contributed by atoms with Crippen molar-refractivity contribution < 1.29 is 10.2 Å². The van der Waals surface area contributed by atoms with E-state index >= 15 is 0 Å². The first kappa shape index (κ1) is 26.9. The summed E-state index contributed by atoms with van der Waals surface area (Å²) in [5, 5.41) is 20.0. The van der Waals surface area contributed by atoms with Gasteiger partial charge in [-0.05, 0) is 110 Å². The summed E-state index contributed by atoms with van der Waals surface area (Å²) in [4.78, 5) is 4.68. The fourth-order valence-corrected chi connectivity index (χ4v) is 5.02. The number of phenolic OH excluding ortho intramolecular Hbond substituents is 2. The van der Waals surface area contributed by atoms with E-state index in [1.807, 2.05) is 24.3 Å². The summed E-state index contributed by atoms with van der Waals surface area (Å²) in [5.41, 5.74) is 8.72. The van der Waals surface area contributed by atoms with E-state index < -0.39 is 0 Å². The zero-order valence-electron chi connectivity index (χ0n) is 22.9. The van der Waals surface area contributed by atoms with Crippen LogP contribution in [0.15, 0.2) is 97.1 Å². The Labute approximate surface area is 227 Å². The molecule has 4 nitrogen and oxygen atoms in total. The first-order chi connectivity index (χ1) is 18.5. The Hall–Kier alpha value is -4.18. The molecule has 0 saturated heterocycles. The maximum atomic E-state index is 10.0. The number of nitrogens with zero attached hydrogens (tertiary/aromatic N) is 2. The molecule has 0 aliphatic rings.